The van der Waals surface area contributed by atoms with E-state index >= 15 is 0 Å². The second-order valence-corrected chi connectivity index (χ2v) is 8.80. The Morgan fingerprint density at radius 3 is 2.47 bits per heavy atom. The topological polar surface area (TPSA) is 114 Å². The van der Waals surface area contributed by atoms with Crippen LogP contribution in [0.4, 0.5) is 0 Å². The van der Waals surface area contributed by atoms with E-state index in [-0.39, 0.29) is 17.2 Å². The van der Waals surface area contributed by atoms with Crippen LogP contribution in [-0.4, -0.2) is 59.4 Å². The lowest BCUT2D eigenvalue weighted by atomic mass is 9.97. The molecule has 1 saturated heterocycles. The maximum Gasteiger partial charge on any atom is 0.266 e. The number of para-hydroxylation sites is 1. The molecule has 1 fully saturated rings. The van der Waals surface area contributed by atoms with Crippen molar-refractivity contribution in [3.05, 3.63) is 52.8 Å². The van der Waals surface area contributed by atoms with E-state index < -0.39 is 11.9 Å². The van der Waals surface area contributed by atoms with Crippen molar-refractivity contribution < 1.29 is 24.2 Å². The number of hydrogen-bond donors (Lipinski definition) is 0. The Hall–Kier alpha value is -3.53. The number of fused-ring (bicyclic) bond motifs is 1. The highest BCUT2D eigenvalue weighted by atomic mass is 32.2. The van der Waals surface area contributed by atoms with E-state index in [2.05, 4.69) is 4.98 Å². The number of amides is 1. The highest BCUT2D eigenvalue weighted by molar-refractivity contribution is 7.99. The zero-order valence-electron chi connectivity index (χ0n) is 18.9. The van der Waals surface area contributed by atoms with Crippen LogP contribution in [0.2, 0.25) is 0 Å². The highest BCUT2D eigenvalue weighted by Gasteiger charge is 2.24. The summed E-state index contributed by atoms with van der Waals surface area (Å²) in [6.07, 6.45) is 0.757. The summed E-state index contributed by atoms with van der Waals surface area (Å²) in [7, 11) is 3.05. The van der Waals surface area contributed by atoms with E-state index in [1.165, 1.54) is 18.8 Å². The molecule has 1 amide bonds. The number of likely N-dealkylation sites (tertiary alicyclic amines) is 1. The number of aromatic nitrogens is 2. The second-order valence-electron chi connectivity index (χ2n) is 7.85. The van der Waals surface area contributed by atoms with E-state index in [1.807, 2.05) is 0 Å². The van der Waals surface area contributed by atoms with Crippen molar-refractivity contribution in [1.82, 2.24) is 14.5 Å². The van der Waals surface area contributed by atoms with Crippen LogP contribution >= 0.6 is 11.8 Å². The maximum atomic E-state index is 13.4. The molecule has 0 saturated carbocycles. The Morgan fingerprint density at radius 1 is 1.09 bits per heavy atom. The molecule has 4 rings (SSSR count). The minimum absolute atomic E-state index is 0.0635. The van der Waals surface area contributed by atoms with E-state index in [9.17, 15) is 19.5 Å². The monoisotopic (exact) mass is 482 g/mol. The number of thioether (sulfide) groups is 1. The van der Waals surface area contributed by atoms with E-state index in [0.29, 0.717) is 59.2 Å². The molecule has 2 aromatic carbocycles. The largest absolute Gasteiger partial charge is 0.550 e. The van der Waals surface area contributed by atoms with Crippen molar-refractivity contribution in [1.29, 1.82) is 0 Å². The van der Waals surface area contributed by atoms with Gasteiger partial charge in [-0.25, -0.2) is 4.98 Å². The van der Waals surface area contributed by atoms with Crippen molar-refractivity contribution in [3.8, 4) is 17.2 Å². The Balaban J connectivity index is 1.65. The molecule has 0 bridgehead atoms. The first kappa shape index (κ1) is 23.6. The zero-order valence-corrected chi connectivity index (χ0v) is 19.7. The number of piperidine rings is 1. The van der Waals surface area contributed by atoms with Gasteiger partial charge in [-0.1, -0.05) is 23.9 Å². The Morgan fingerprint density at radius 2 is 1.79 bits per heavy atom. The first-order valence-electron chi connectivity index (χ1n) is 10.8. The Kier molecular flexibility index (Phi) is 7.06. The van der Waals surface area contributed by atoms with Gasteiger partial charge < -0.3 is 24.3 Å². The van der Waals surface area contributed by atoms with Crippen LogP contribution in [0.5, 0.6) is 11.5 Å². The summed E-state index contributed by atoms with van der Waals surface area (Å²) in [5.41, 5.74) is 0.808. The van der Waals surface area contributed by atoms with Gasteiger partial charge >= 0.3 is 0 Å². The first-order chi connectivity index (χ1) is 16.4. The van der Waals surface area contributed by atoms with Gasteiger partial charge in [-0.15, -0.1) is 0 Å². The molecular weight excluding hydrogens is 458 g/mol. The van der Waals surface area contributed by atoms with Crippen molar-refractivity contribution in [3.63, 3.8) is 0 Å². The normalized spacial score (nSPS) is 14.2. The summed E-state index contributed by atoms with van der Waals surface area (Å²) < 4.78 is 12.2. The number of nitrogens with zero attached hydrogens (tertiary/aromatic N) is 3. The lowest BCUT2D eigenvalue weighted by Crippen LogP contribution is -2.44. The summed E-state index contributed by atoms with van der Waals surface area (Å²) in [4.78, 5) is 43.6. The molecular formula is C24H24N3O6S-. The van der Waals surface area contributed by atoms with Gasteiger partial charge in [-0.3, -0.25) is 14.2 Å². The molecule has 9 nitrogen and oxygen atoms in total. The lowest BCUT2D eigenvalue weighted by molar-refractivity contribution is -0.312. The third-order valence-corrected chi connectivity index (χ3v) is 6.80. The molecule has 3 aromatic rings. The fraction of sp³-hybridized carbons (Fsp3) is 0.333. The van der Waals surface area contributed by atoms with E-state index in [1.54, 1.807) is 47.4 Å². The van der Waals surface area contributed by atoms with Crippen LogP contribution in [0, 0.1) is 5.92 Å². The van der Waals surface area contributed by atoms with Crippen molar-refractivity contribution in [2.24, 2.45) is 5.92 Å². The fourth-order valence-electron chi connectivity index (χ4n) is 3.98. The summed E-state index contributed by atoms with van der Waals surface area (Å²) in [6, 6.07) is 12.2. The molecule has 1 aliphatic heterocycles. The summed E-state index contributed by atoms with van der Waals surface area (Å²) in [5, 5.41) is 11.9. The number of hydrogen-bond acceptors (Lipinski definition) is 8. The van der Waals surface area contributed by atoms with Gasteiger partial charge in [0.2, 0.25) is 5.91 Å². The van der Waals surface area contributed by atoms with Crippen LogP contribution < -0.4 is 20.1 Å². The van der Waals surface area contributed by atoms with E-state index in [4.69, 9.17) is 9.47 Å². The number of ether oxygens (including phenoxy) is 2. The fourth-order valence-corrected chi connectivity index (χ4v) is 4.90. The van der Waals surface area contributed by atoms with E-state index in [0.717, 1.165) is 11.8 Å². The first-order valence-corrected chi connectivity index (χ1v) is 11.8. The van der Waals surface area contributed by atoms with Gasteiger partial charge in [0.15, 0.2) is 16.7 Å². The number of carboxylic acids is 1. The molecule has 1 aliphatic rings. The molecule has 10 heteroatoms. The van der Waals surface area contributed by atoms with Crippen molar-refractivity contribution in [2.45, 2.75) is 18.0 Å². The molecule has 2 heterocycles. The standard InChI is InChI=1S/C24H25N3O6S/c1-32-19-8-7-16(13-20(19)33-2)27-22(29)17-5-3-4-6-18(17)25-24(27)34-14-21(28)26-11-9-15(10-12-26)23(30)31/h3-8,13,15H,9-12,14H2,1-2H3,(H,30,31)/p-1. The Labute approximate surface area is 200 Å². The molecule has 0 aliphatic carbocycles. The van der Waals surface area contributed by atoms with Gasteiger partial charge in [0, 0.05) is 31.0 Å². The highest BCUT2D eigenvalue weighted by Crippen LogP contribution is 2.31. The SMILES string of the molecule is COc1ccc(-n2c(SCC(=O)N3CCC(C(=O)[O-])CC3)nc3ccccc3c2=O)cc1OC. The average Bonchev–Trinajstić information content (AvgIpc) is 2.87. The number of carbonyl (C=O) groups excluding carboxylic acids is 2. The van der Waals surface area contributed by atoms with Crippen LogP contribution in [0.1, 0.15) is 12.8 Å². The molecule has 0 unspecified atom stereocenters. The molecule has 0 radical (unpaired) electrons. The maximum absolute atomic E-state index is 13.4. The lowest BCUT2D eigenvalue weighted by Gasteiger charge is -2.32. The summed E-state index contributed by atoms with van der Waals surface area (Å²) in [5.74, 6) is -0.674. The van der Waals surface area contributed by atoms with Crippen LogP contribution in [0.15, 0.2) is 52.4 Å². The molecule has 0 N–H and O–H groups in total. The van der Waals surface area contributed by atoms with Gasteiger partial charge in [-0.2, -0.15) is 0 Å². The van der Waals surface area contributed by atoms with Gasteiger partial charge in [0.1, 0.15) is 0 Å². The van der Waals surface area contributed by atoms with Crippen molar-refractivity contribution in [2.75, 3.05) is 33.1 Å². The molecule has 34 heavy (non-hydrogen) atoms. The third-order valence-electron chi connectivity index (χ3n) is 5.88. The quantitative estimate of drug-likeness (QED) is 0.368. The number of rotatable bonds is 7. The van der Waals surface area contributed by atoms with Crippen LogP contribution in [-0.2, 0) is 9.59 Å². The molecule has 0 spiro atoms. The predicted molar refractivity (Wildman–Crippen MR) is 125 cm³/mol. The second kappa shape index (κ2) is 10.2. The number of carboxylic acid groups (broad SMARTS) is 1. The Bertz CT molecular complexity index is 1280. The molecule has 1 aromatic heterocycles. The smallest absolute Gasteiger partial charge is 0.266 e. The number of aliphatic carboxylic acids is 1. The van der Waals surface area contributed by atoms with Gasteiger partial charge in [0.05, 0.1) is 36.6 Å². The summed E-state index contributed by atoms with van der Waals surface area (Å²) in [6.45, 7) is 0.733. The molecule has 0 atom stereocenters. The minimum atomic E-state index is -1.07. The van der Waals surface area contributed by atoms with Crippen molar-refractivity contribution >= 4 is 34.5 Å². The zero-order chi connectivity index (χ0) is 24.2. The van der Waals surface area contributed by atoms with Crippen LogP contribution in [0.25, 0.3) is 16.6 Å². The summed E-state index contributed by atoms with van der Waals surface area (Å²) >= 11 is 1.16. The average molecular weight is 483 g/mol. The third kappa shape index (κ3) is 4.72. The van der Waals surface area contributed by atoms with Gasteiger partial charge in [0.25, 0.3) is 5.56 Å². The van der Waals surface area contributed by atoms with Crippen LogP contribution in [0.3, 0.4) is 0 Å². The number of benzene rings is 2. The number of carbonyl (C=O) groups is 2. The molecule has 178 valence electrons. The number of methoxy groups -OCH3 is 2. The minimum Gasteiger partial charge on any atom is -0.550 e. The predicted octanol–water partition coefficient (Wildman–Crippen LogP) is 1.48. The van der Waals surface area contributed by atoms with Gasteiger partial charge in [-0.05, 0) is 37.1 Å².